The average Bonchev–Trinajstić information content (AvgIpc) is 2.91. The molecule has 0 atom stereocenters. The van der Waals surface area contributed by atoms with Gasteiger partial charge in [0.25, 0.3) is 5.89 Å². The SMILES string of the molecule is c1coc(-c2nnc(CSCC3CNC3)o2)c1. The van der Waals surface area contributed by atoms with Gasteiger partial charge in [-0.3, -0.25) is 0 Å². The number of hydrogen-bond donors (Lipinski definition) is 1. The highest BCUT2D eigenvalue weighted by Crippen LogP contribution is 2.21. The van der Waals surface area contributed by atoms with Crippen LogP contribution in [0.5, 0.6) is 0 Å². The van der Waals surface area contributed by atoms with Crippen LogP contribution in [0.1, 0.15) is 5.89 Å². The maximum Gasteiger partial charge on any atom is 0.283 e. The Labute approximate surface area is 103 Å². The lowest BCUT2D eigenvalue weighted by atomic mass is 10.1. The molecule has 1 aliphatic heterocycles. The van der Waals surface area contributed by atoms with Gasteiger partial charge in [-0.1, -0.05) is 0 Å². The number of nitrogens with zero attached hydrogens (tertiary/aromatic N) is 2. The van der Waals surface area contributed by atoms with Crippen molar-refractivity contribution in [1.29, 1.82) is 0 Å². The number of aromatic nitrogens is 2. The predicted octanol–water partition coefficient (Wildman–Crippen LogP) is 1.78. The molecular formula is C11H13N3O2S. The summed E-state index contributed by atoms with van der Waals surface area (Å²) < 4.78 is 10.7. The predicted molar refractivity (Wildman–Crippen MR) is 64.5 cm³/mol. The Kier molecular flexibility index (Phi) is 3.15. The number of furan rings is 1. The van der Waals surface area contributed by atoms with Crippen LogP contribution in [0, 0.1) is 5.92 Å². The number of rotatable bonds is 5. The van der Waals surface area contributed by atoms with Crippen molar-refractivity contribution in [3.8, 4) is 11.7 Å². The van der Waals surface area contributed by atoms with Gasteiger partial charge < -0.3 is 14.2 Å². The maximum atomic E-state index is 5.51. The van der Waals surface area contributed by atoms with E-state index in [0.29, 0.717) is 17.5 Å². The molecule has 3 rings (SSSR count). The molecule has 0 aromatic carbocycles. The molecule has 0 aliphatic carbocycles. The van der Waals surface area contributed by atoms with E-state index in [1.807, 2.05) is 17.8 Å². The van der Waals surface area contributed by atoms with E-state index in [2.05, 4.69) is 15.5 Å². The molecular weight excluding hydrogens is 238 g/mol. The van der Waals surface area contributed by atoms with Crippen LogP contribution >= 0.6 is 11.8 Å². The average molecular weight is 251 g/mol. The van der Waals surface area contributed by atoms with Gasteiger partial charge in [0.1, 0.15) is 0 Å². The van der Waals surface area contributed by atoms with Crippen LogP contribution in [0.15, 0.2) is 27.2 Å². The molecule has 0 bridgehead atoms. The van der Waals surface area contributed by atoms with Gasteiger partial charge >= 0.3 is 0 Å². The van der Waals surface area contributed by atoms with Crippen LogP contribution in [0.25, 0.3) is 11.7 Å². The lowest BCUT2D eigenvalue weighted by molar-refractivity contribution is 0.385. The summed E-state index contributed by atoms with van der Waals surface area (Å²) in [5.41, 5.74) is 0. The first kappa shape index (κ1) is 10.9. The Morgan fingerprint density at radius 3 is 3.06 bits per heavy atom. The quantitative estimate of drug-likeness (QED) is 0.874. The van der Waals surface area contributed by atoms with Gasteiger partial charge in [0.05, 0.1) is 12.0 Å². The fraction of sp³-hybridized carbons (Fsp3) is 0.455. The lowest BCUT2D eigenvalue weighted by Gasteiger charge is -2.26. The fourth-order valence-electron chi connectivity index (χ4n) is 1.59. The van der Waals surface area contributed by atoms with Crippen LogP contribution in [-0.2, 0) is 5.75 Å². The Hall–Kier alpha value is -1.27. The van der Waals surface area contributed by atoms with Gasteiger partial charge in [-0.05, 0) is 36.9 Å². The summed E-state index contributed by atoms with van der Waals surface area (Å²) in [4.78, 5) is 0. The highest BCUT2D eigenvalue weighted by molar-refractivity contribution is 7.98. The largest absolute Gasteiger partial charge is 0.459 e. The highest BCUT2D eigenvalue weighted by Gasteiger charge is 2.17. The summed E-state index contributed by atoms with van der Waals surface area (Å²) in [7, 11) is 0. The van der Waals surface area contributed by atoms with Crippen LogP contribution in [0.3, 0.4) is 0 Å². The second kappa shape index (κ2) is 4.93. The second-order valence-corrected chi connectivity index (χ2v) is 5.05. The zero-order valence-electron chi connectivity index (χ0n) is 9.26. The highest BCUT2D eigenvalue weighted by atomic mass is 32.2. The van der Waals surface area contributed by atoms with Crippen molar-refractivity contribution in [2.45, 2.75) is 5.75 Å². The summed E-state index contributed by atoms with van der Waals surface area (Å²) >= 11 is 1.83. The van der Waals surface area contributed by atoms with Gasteiger partial charge in [-0.15, -0.1) is 10.2 Å². The second-order valence-electron chi connectivity index (χ2n) is 4.02. The molecule has 1 aliphatic rings. The van der Waals surface area contributed by atoms with E-state index in [0.717, 1.165) is 30.5 Å². The summed E-state index contributed by atoms with van der Waals surface area (Å²) in [6.45, 7) is 2.27. The van der Waals surface area contributed by atoms with Gasteiger partial charge in [-0.2, -0.15) is 11.8 Å². The minimum absolute atomic E-state index is 0.455. The molecule has 17 heavy (non-hydrogen) atoms. The third-order valence-corrected chi connectivity index (χ3v) is 3.80. The van der Waals surface area contributed by atoms with Crippen molar-refractivity contribution in [3.63, 3.8) is 0 Å². The molecule has 3 heterocycles. The first-order valence-electron chi connectivity index (χ1n) is 5.56. The zero-order valence-corrected chi connectivity index (χ0v) is 10.1. The molecule has 2 aromatic rings. The van der Waals surface area contributed by atoms with Gasteiger partial charge in [-0.25, -0.2) is 0 Å². The van der Waals surface area contributed by atoms with E-state index in [1.54, 1.807) is 12.3 Å². The van der Waals surface area contributed by atoms with E-state index in [-0.39, 0.29) is 0 Å². The van der Waals surface area contributed by atoms with E-state index in [4.69, 9.17) is 8.83 Å². The third kappa shape index (κ3) is 2.53. The molecule has 2 aromatic heterocycles. The number of thioether (sulfide) groups is 1. The molecule has 1 saturated heterocycles. The van der Waals surface area contributed by atoms with Crippen molar-refractivity contribution in [3.05, 3.63) is 24.3 Å². The standard InChI is InChI=1S/C11H13N3O2S/c1-2-9(15-3-1)11-14-13-10(16-11)7-17-6-8-4-12-5-8/h1-3,8,12H,4-7H2. The number of hydrogen-bond acceptors (Lipinski definition) is 6. The van der Waals surface area contributed by atoms with E-state index in [1.165, 1.54) is 0 Å². The monoisotopic (exact) mass is 251 g/mol. The van der Waals surface area contributed by atoms with Crippen molar-refractivity contribution in [2.24, 2.45) is 5.92 Å². The number of nitrogens with one attached hydrogen (secondary N) is 1. The van der Waals surface area contributed by atoms with Crippen molar-refractivity contribution in [1.82, 2.24) is 15.5 Å². The Balaban J connectivity index is 1.53. The molecule has 1 fully saturated rings. The summed E-state index contributed by atoms with van der Waals surface area (Å²) in [6, 6.07) is 3.61. The van der Waals surface area contributed by atoms with E-state index >= 15 is 0 Å². The lowest BCUT2D eigenvalue weighted by Crippen LogP contribution is -2.43. The first-order chi connectivity index (χ1) is 8.42. The molecule has 0 amide bonds. The molecule has 1 N–H and O–H groups in total. The van der Waals surface area contributed by atoms with Crippen molar-refractivity contribution < 1.29 is 8.83 Å². The van der Waals surface area contributed by atoms with Crippen LogP contribution in [0.4, 0.5) is 0 Å². The summed E-state index contributed by atoms with van der Waals surface area (Å²) in [6.07, 6.45) is 1.59. The molecule has 5 nitrogen and oxygen atoms in total. The molecule has 90 valence electrons. The topological polar surface area (TPSA) is 64.1 Å². The minimum Gasteiger partial charge on any atom is -0.459 e. The maximum absolute atomic E-state index is 5.51. The smallest absolute Gasteiger partial charge is 0.283 e. The first-order valence-corrected chi connectivity index (χ1v) is 6.72. The third-order valence-electron chi connectivity index (χ3n) is 2.64. The molecule has 0 unspecified atom stereocenters. The molecule has 6 heteroatoms. The van der Waals surface area contributed by atoms with Gasteiger partial charge in [0, 0.05) is 0 Å². The summed E-state index contributed by atoms with van der Waals surface area (Å²) in [5, 5.41) is 11.2. The van der Waals surface area contributed by atoms with Gasteiger partial charge in [0.2, 0.25) is 5.89 Å². The summed E-state index contributed by atoms with van der Waals surface area (Å²) in [5.74, 6) is 4.45. The molecule has 0 spiro atoms. The fourth-order valence-corrected chi connectivity index (χ4v) is 2.57. The van der Waals surface area contributed by atoms with Gasteiger partial charge in [0.15, 0.2) is 5.76 Å². The Morgan fingerprint density at radius 2 is 2.35 bits per heavy atom. The van der Waals surface area contributed by atoms with E-state index in [9.17, 15) is 0 Å². The van der Waals surface area contributed by atoms with Crippen molar-refractivity contribution in [2.75, 3.05) is 18.8 Å². The van der Waals surface area contributed by atoms with Crippen LogP contribution < -0.4 is 5.32 Å². The Bertz CT molecular complexity index is 465. The van der Waals surface area contributed by atoms with E-state index < -0.39 is 0 Å². The molecule has 0 radical (unpaired) electrons. The van der Waals surface area contributed by atoms with Crippen LogP contribution in [-0.4, -0.2) is 29.0 Å². The normalized spacial score (nSPS) is 16.0. The van der Waals surface area contributed by atoms with Crippen LogP contribution in [0.2, 0.25) is 0 Å². The minimum atomic E-state index is 0.455. The van der Waals surface area contributed by atoms with Crippen molar-refractivity contribution >= 4 is 11.8 Å². The zero-order chi connectivity index (χ0) is 11.5. The molecule has 0 saturated carbocycles. The Morgan fingerprint density at radius 1 is 1.41 bits per heavy atom.